The van der Waals surface area contributed by atoms with Crippen molar-refractivity contribution in [2.45, 2.75) is 12.8 Å². The first-order valence-corrected chi connectivity index (χ1v) is 7.04. The van der Waals surface area contributed by atoms with Gasteiger partial charge in [-0.2, -0.15) is 5.26 Å². The second kappa shape index (κ2) is 5.62. The van der Waals surface area contributed by atoms with Crippen molar-refractivity contribution >= 4 is 9.84 Å². The molecule has 1 aliphatic rings. The number of nitriles is 1. The second-order valence-electron chi connectivity index (χ2n) is 4.09. The van der Waals surface area contributed by atoms with Crippen molar-refractivity contribution in [3.05, 3.63) is 0 Å². The van der Waals surface area contributed by atoms with Crippen LogP contribution in [0.2, 0.25) is 0 Å². The van der Waals surface area contributed by atoms with Gasteiger partial charge in [-0.05, 0) is 12.8 Å². The van der Waals surface area contributed by atoms with E-state index in [1.54, 1.807) is 7.11 Å². The topological polar surface area (TPSA) is 76.4 Å². The Labute approximate surface area is 96.3 Å². The number of ether oxygens (including phenoxy) is 2. The molecule has 0 amide bonds. The number of sulfone groups is 1. The smallest absolute Gasteiger partial charge is 0.151 e. The van der Waals surface area contributed by atoms with Gasteiger partial charge in [-0.25, -0.2) is 8.42 Å². The van der Waals surface area contributed by atoms with Gasteiger partial charge in [0.2, 0.25) is 0 Å². The maximum absolute atomic E-state index is 11.3. The molecule has 0 aromatic heterocycles. The summed E-state index contributed by atoms with van der Waals surface area (Å²) in [5.41, 5.74) is -0.730. The third kappa shape index (κ3) is 3.74. The lowest BCUT2D eigenvalue weighted by molar-refractivity contribution is 0.0603. The van der Waals surface area contributed by atoms with Crippen molar-refractivity contribution in [2.75, 3.05) is 38.4 Å². The highest BCUT2D eigenvalue weighted by molar-refractivity contribution is 7.91. The van der Waals surface area contributed by atoms with Gasteiger partial charge in [-0.15, -0.1) is 0 Å². The summed E-state index contributed by atoms with van der Waals surface area (Å²) in [4.78, 5) is 0. The first-order valence-electron chi connectivity index (χ1n) is 5.22. The van der Waals surface area contributed by atoms with Gasteiger partial charge in [0, 0.05) is 13.7 Å². The van der Waals surface area contributed by atoms with Crippen molar-refractivity contribution in [1.29, 1.82) is 5.26 Å². The summed E-state index contributed by atoms with van der Waals surface area (Å²) < 4.78 is 32.7. The fourth-order valence-corrected chi connectivity index (χ4v) is 3.81. The van der Waals surface area contributed by atoms with Crippen LogP contribution in [-0.4, -0.2) is 46.9 Å². The van der Waals surface area contributed by atoms with Crippen LogP contribution < -0.4 is 0 Å². The predicted octanol–water partition coefficient (Wildman–Crippen LogP) is 0.368. The first-order chi connectivity index (χ1) is 7.54. The van der Waals surface area contributed by atoms with Crippen LogP contribution in [-0.2, 0) is 19.3 Å². The number of methoxy groups -OCH3 is 1. The molecule has 0 spiro atoms. The summed E-state index contributed by atoms with van der Waals surface area (Å²) in [5.74, 6) is 0.1000. The van der Waals surface area contributed by atoms with Crippen molar-refractivity contribution in [3.63, 3.8) is 0 Å². The monoisotopic (exact) mass is 247 g/mol. The molecule has 0 N–H and O–H groups in total. The molecule has 5 nitrogen and oxygen atoms in total. The molecule has 1 aliphatic heterocycles. The van der Waals surface area contributed by atoms with E-state index in [2.05, 4.69) is 6.07 Å². The fraction of sp³-hybridized carbons (Fsp3) is 0.900. The van der Waals surface area contributed by atoms with E-state index in [1.165, 1.54) is 0 Å². The van der Waals surface area contributed by atoms with Crippen molar-refractivity contribution in [3.8, 4) is 6.07 Å². The standard InChI is InChI=1S/C10H17NO4S/c1-14-5-6-15-4-2-10(8-11)3-7-16(12,13)9-10/h2-7,9H2,1H3. The minimum atomic E-state index is -3.02. The summed E-state index contributed by atoms with van der Waals surface area (Å²) in [5, 5.41) is 9.06. The summed E-state index contributed by atoms with van der Waals surface area (Å²) in [6.45, 7) is 1.40. The molecule has 1 atom stereocenters. The Bertz CT molecular complexity index is 360. The molecule has 0 aromatic carbocycles. The Hall–Kier alpha value is -0.640. The van der Waals surface area contributed by atoms with Crippen LogP contribution in [0.4, 0.5) is 0 Å². The largest absolute Gasteiger partial charge is 0.382 e. The van der Waals surface area contributed by atoms with Gasteiger partial charge in [0.25, 0.3) is 0 Å². The minimum absolute atomic E-state index is 0.0237. The van der Waals surface area contributed by atoms with Gasteiger partial charge >= 0.3 is 0 Å². The normalized spacial score (nSPS) is 27.8. The van der Waals surface area contributed by atoms with Crippen molar-refractivity contribution in [1.82, 2.24) is 0 Å². The van der Waals surface area contributed by atoms with E-state index in [1.807, 2.05) is 0 Å². The van der Waals surface area contributed by atoms with E-state index in [-0.39, 0.29) is 11.5 Å². The maximum Gasteiger partial charge on any atom is 0.151 e. The van der Waals surface area contributed by atoms with Gasteiger partial charge in [0.05, 0.1) is 36.2 Å². The second-order valence-corrected chi connectivity index (χ2v) is 6.27. The molecule has 1 saturated heterocycles. The lowest BCUT2D eigenvalue weighted by atomic mass is 9.86. The average molecular weight is 247 g/mol. The predicted molar refractivity (Wildman–Crippen MR) is 58.6 cm³/mol. The zero-order chi connectivity index (χ0) is 12.1. The highest BCUT2D eigenvalue weighted by Gasteiger charge is 2.42. The zero-order valence-corrected chi connectivity index (χ0v) is 10.3. The number of hydrogen-bond acceptors (Lipinski definition) is 5. The van der Waals surface area contributed by atoms with E-state index in [0.717, 1.165) is 0 Å². The van der Waals surface area contributed by atoms with E-state index >= 15 is 0 Å². The molecule has 0 radical (unpaired) electrons. The SMILES string of the molecule is COCCOCCC1(C#N)CCS(=O)(=O)C1. The highest BCUT2D eigenvalue weighted by Crippen LogP contribution is 2.34. The Morgan fingerprint density at radius 1 is 1.38 bits per heavy atom. The lowest BCUT2D eigenvalue weighted by Crippen LogP contribution is -2.22. The van der Waals surface area contributed by atoms with Crippen LogP contribution in [0.1, 0.15) is 12.8 Å². The average Bonchev–Trinajstić information content (AvgIpc) is 2.55. The van der Waals surface area contributed by atoms with Crippen molar-refractivity contribution in [2.24, 2.45) is 5.41 Å². The molecule has 16 heavy (non-hydrogen) atoms. The molecule has 1 fully saturated rings. The van der Waals surface area contributed by atoms with Gasteiger partial charge in [0.1, 0.15) is 0 Å². The van der Waals surface area contributed by atoms with Gasteiger partial charge in [-0.1, -0.05) is 0 Å². The number of rotatable bonds is 6. The van der Waals surface area contributed by atoms with Crippen LogP contribution in [0.5, 0.6) is 0 Å². The van der Waals surface area contributed by atoms with E-state index in [9.17, 15) is 8.42 Å². The number of nitrogens with zero attached hydrogens (tertiary/aromatic N) is 1. The summed E-state index contributed by atoms with van der Waals surface area (Å²) >= 11 is 0. The molecule has 0 aliphatic carbocycles. The van der Waals surface area contributed by atoms with Crippen LogP contribution in [0.25, 0.3) is 0 Å². The zero-order valence-electron chi connectivity index (χ0n) is 9.44. The number of hydrogen-bond donors (Lipinski definition) is 0. The van der Waals surface area contributed by atoms with E-state index in [4.69, 9.17) is 14.7 Å². The molecule has 0 aromatic rings. The van der Waals surface area contributed by atoms with Crippen LogP contribution in [0.15, 0.2) is 0 Å². The molecular weight excluding hydrogens is 230 g/mol. The molecule has 6 heteroatoms. The Kier molecular flexibility index (Phi) is 4.71. The molecule has 1 unspecified atom stereocenters. The third-order valence-electron chi connectivity index (χ3n) is 2.78. The highest BCUT2D eigenvalue weighted by atomic mass is 32.2. The van der Waals surface area contributed by atoms with Crippen LogP contribution >= 0.6 is 0 Å². The van der Waals surface area contributed by atoms with E-state index < -0.39 is 15.3 Å². The Balaban J connectivity index is 2.36. The van der Waals surface area contributed by atoms with Gasteiger partial charge < -0.3 is 9.47 Å². The third-order valence-corrected chi connectivity index (χ3v) is 4.60. The van der Waals surface area contributed by atoms with E-state index in [0.29, 0.717) is 32.7 Å². The molecule has 1 rings (SSSR count). The summed E-state index contributed by atoms with van der Waals surface area (Å²) in [7, 11) is -1.43. The quantitative estimate of drug-likeness (QED) is 0.634. The van der Waals surface area contributed by atoms with Gasteiger partial charge in [0.15, 0.2) is 9.84 Å². The molecule has 0 bridgehead atoms. The lowest BCUT2D eigenvalue weighted by Gasteiger charge is -2.17. The minimum Gasteiger partial charge on any atom is -0.382 e. The molecular formula is C10H17NO4S. The van der Waals surface area contributed by atoms with Crippen molar-refractivity contribution < 1.29 is 17.9 Å². The molecule has 0 saturated carbocycles. The molecule has 1 heterocycles. The Morgan fingerprint density at radius 2 is 2.12 bits per heavy atom. The summed E-state index contributed by atoms with van der Waals surface area (Å²) in [6, 6.07) is 2.13. The summed E-state index contributed by atoms with van der Waals surface area (Å²) in [6.07, 6.45) is 0.909. The first kappa shape index (κ1) is 13.4. The van der Waals surface area contributed by atoms with Crippen LogP contribution in [0, 0.1) is 16.7 Å². The van der Waals surface area contributed by atoms with Crippen LogP contribution in [0.3, 0.4) is 0 Å². The van der Waals surface area contributed by atoms with Gasteiger partial charge in [-0.3, -0.25) is 0 Å². The fourth-order valence-electron chi connectivity index (χ4n) is 1.77. The maximum atomic E-state index is 11.3. The Morgan fingerprint density at radius 3 is 2.62 bits per heavy atom. The molecule has 92 valence electrons.